The smallest absolute Gasteiger partial charge is 0.0773 e. The number of rotatable bonds is 1. The molecule has 1 aromatic carbocycles. The minimum atomic E-state index is -0.428. The molecule has 1 aliphatic rings. The molecule has 0 heterocycles. The van der Waals surface area contributed by atoms with Gasteiger partial charge >= 0.3 is 0 Å². The lowest BCUT2D eigenvalue weighted by atomic mass is 10.0. The van der Waals surface area contributed by atoms with E-state index in [4.69, 9.17) is 11.5 Å². The summed E-state index contributed by atoms with van der Waals surface area (Å²) < 4.78 is 0. The second-order valence-electron chi connectivity index (χ2n) is 3.53. The number of hydrogen-bond acceptors (Lipinski definition) is 3. The zero-order valence-corrected chi connectivity index (χ0v) is 7.40. The predicted octanol–water partition coefficient (Wildman–Crippen LogP) is 0.0621. The lowest BCUT2D eigenvalue weighted by Crippen LogP contribution is -2.21. The standard InChI is InChI=1S/C10H14N2O/c11-5-6-1-2-7-4-9(13)10(12)8(7)3-6/h1-3,9-10,13H,4-5,11-12H2. The Kier molecular flexibility index (Phi) is 2.07. The van der Waals surface area contributed by atoms with E-state index in [1.54, 1.807) is 0 Å². The molecule has 3 heteroatoms. The number of aliphatic hydroxyl groups is 1. The molecule has 70 valence electrons. The first-order valence-electron chi connectivity index (χ1n) is 4.48. The molecule has 0 radical (unpaired) electrons. The van der Waals surface area contributed by atoms with Crippen molar-refractivity contribution in [1.82, 2.24) is 0 Å². The average Bonchev–Trinajstić information content (AvgIpc) is 2.43. The van der Waals surface area contributed by atoms with E-state index >= 15 is 0 Å². The predicted molar refractivity (Wildman–Crippen MR) is 51.0 cm³/mol. The largest absolute Gasteiger partial charge is 0.391 e. The molecule has 0 aromatic heterocycles. The first-order valence-corrected chi connectivity index (χ1v) is 4.48. The molecule has 13 heavy (non-hydrogen) atoms. The van der Waals surface area contributed by atoms with Crippen LogP contribution in [0.25, 0.3) is 0 Å². The van der Waals surface area contributed by atoms with Gasteiger partial charge in [0.1, 0.15) is 0 Å². The first kappa shape index (κ1) is 8.69. The maximum absolute atomic E-state index is 9.53. The van der Waals surface area contributed by atoms with Crippen LogP contribution >= 0.6 is 0 Å². The quantitative estimate of drug-likeness (QED) is 0.569. The van der Waals surface area contributed by atoms with Gasteiger partial charge in [-0.15, -0.1) is 0 Å². The minimum Gasteiger partial charge on any atom is -0.391 e. The Morgan fingerprint density at radius 2 is 2.23 bits per heavy atom. The van der Waals surface area contributed by atoms with Crippen LogP contribution in [-0.4, -0.2) is 11.2 Å². The van der Waals surface area contributed by atoms with E-state index in [1.807, 2.05) is 18.2 Å². The number of fused-ring (bicyclic) bond motifs is 1. The lowest BCUT2D eigenvalue weighted by Gasteiger charge is -2.09. The van der Waals surface area contributed by atoms with Crippen LogP contribution in [0.3, 0.4) is 0 Å². The second-order valence-corrected chi connectivity index (χ2v) is 3.53. The third-order valence-corrected chi connectivity index (χ3v) is 2.65. The van der Waals surface area contributed by atoms with Crippen molar-refractivity contribution in [2.75, 3.05) is 0 Å². The van der Waals surface area contributed by atoms with Crippen molar-refractivity contribution in [2.45, 2.75) is 25.1 Å². The lowest BCUT2D eigenvalue weighted by molar-refractivity contribution is 0.158. The summed E-state index contributed by atoms with van der Waals surface area (Å²) in [5.41, 5.74) is 14.6. The first-order chi connectivity index (χ1) is 6.22. The molecule has 0 saturated heterocycles. The summed E-state index contributed by atoms with van der Waals surface area (Å²) >= 11 is 0. The Morgan fingerprint density at radius 3 is 2.92 bits per heavy atom. The molecule has 0 bridgehead atoms. The van der Waals surface area contributed by atoms with Crippen LogP contribution in [0.2, 0.25) is 0 Å². The SMILES string of the molecule is NCc1ccc2c(c1)C(N)C(O)C2. The van der Waals surface area contributed by atoms with Crippen molar-refractivity contribution in [2.24, 2.45) is 11.5 Å². The molecule has 2 unspecified atom stereocenters. The van der Waals surface area contributed by atoms with E-state index in [0.717, 1.165) is 16.7 Å². The molecule has 2 atom stereocenters. The van der Waals surface area contributed by atoms with E-state index < -0.39 is 6.10 Å². The fourth-order valence-electron chi connectivity index (χ4n) is 1.83. The third-order valence-electron chi connectivity index (χ3n) is 2.65. The van der Waals surface area contributed by atoms with Gasteiger partial charge in [-0.3, -0.25) is 0 Å². The fourth-order valence-corrected chi connectivity index (χ4v) is 1.83. The zero-order valence-electron chi connectivity index (χ0n) is 7.40. The summed E-state index contributed by atoms with van der Waals surface area (Å²) in [6.07, 6.45) is 0.240. The fraction of sp³-hybridized carbons (Fsp3) is 0.400. The van der Waals surface area contributed by atoms with Crippen LogP contribution in [0.5, 0.6) is 0 Å². The van der Waals surface area contributed by atoms with Gasteiger partial charge in [-0.05, 0) is 16.7 Å². The van der Waals surface area contributed by atoms with Gasteiger partial charge in [-0.1, -0.05) is 18.2 Å². The van der Waals surface area contributed by atoms with Crippen molar-refractivity contribution in [3.8, 4) is 0 Å². The Labute approximate surface area is 77.4 Å². The highest BCUT2D eigenvalue weighted by molar-refractivity contribution is 5.39. The highest BCUT2D eigenvalue weighted by Crippen LogP contribution is 2.30. The van der Waals surface area contributed by atoms with Crippen LogP contribution in [0, 0.1) is 0 Å². The van der Waals surface area contributed by atoms with E-state index in [1.165, 1.54) is 0 Å². The molecule has 0 aliphatic heterocycles. The summed E-state index contributed by atoms with van der Waals surface area (Å²) in [7, 11) is 0. The molecule has 2 rings (SSSR count). The molecule has 0 fully saturated rings. The second kappa shape index (κ2) is 3.10. The van der Waals surface area contributed by atoms with E-state index in [2.05, 4.69) is 0 Å². The van der Waals surface area contributed by atoms with Crippen molar-refractivity contribution in [1.29, 1.82) is 0 Å². The number of benzene rings is 1. The van der Waals surface area contributed by atoms with Crippen molar-refractivity contribution in [3.05, 3.63) is 34.9 Å². The molecule has 1 aliphatic carbocycles. The van der Waals surface area contributed by atoms with Crippen molar-refractivity contribution < 1.29 is 5.11 Å². The zero-order chi connectivity index (χ0) is 9.42. The molecule has 5 N–H and O–H groups in total. The van der Waals surface area contributed by atoms with Crippen molar-refractivity contribution in [3.63, 3.8) is 0 Å². The summed E-state index contributed by atoms with van der Waals surface area (Å²) in [5.74, 6) is 0. The monoisotopic (exact) mass is 178 g/mol. The van der Waals surface area contributed by atoms with Crippen molar-refractivity contribution >= 4 is 0 Å². The van der Waals surface area contributed by atoms with E-state index in [9.17, 15) is 5.11 Å². The molecular weight excluding hydrogens is 164 g/mol. The Bertz CT molecular complexity index is 325. The van der Waals surface area contributed by atoms with Gasteiger partial charge in [0, 0.05) is 13.0 Å². The summed E-state index contributed by atoms with van der Waals surface area (Å²) in [6.45, 7) is 0.524. The Balaban J connectivity index is 2.42. The highest BCUT2D eigenvalue weighted by Gasteiger charge is 2.27. The third kappa shape index (κ3) is 1.35. The average molecular weight is 178 g/mol. The van der Waals surface area contributed by atoms with Gasteiger partial charge in [0.2, 0.25) is 0 Å². The van der Waals surface area contributed by atoms with Gasteiger partial charge in [0.05, 0.1) is 12.1 Å². The van der Waals surface area contributed by atoms with Crippen LogP contribution in [0.4, 0.5) is 0 Å². The Hall–Kier alpha value is -0.900. The molecule has 1 aromatic rings. The van der Waals surface area contributed by atoms with E-state index in [0.29, 0.717) is 13.0 Å². The summed E-state index contributed by atoms with van der Waals surface area (Å²) in [5, 5.41) is 9.53. The molecule has 0 amide bonds. The maximum Gasteiger partial charge on any atom is 0.0773 e. The maximum atomic E-state index is 9.53. The Morgan fingerprint density at radius 1 is 1.46 bits per heavy atom. The summed E-state index contributed by atoms with van der Waals surface area (Å²) in [4.78, 5) is 0. The van der Waals surface area contributed by atoms with Gasteiger partial charge in [-0.2, -0.15) is 0 Å². The molecule has 0 spiro atoms. The topological polar surface area (TPSA) is 72.3 Å². The van der Waals surface area contributed by atoms with Crippen LogP contribution in [0.15, 0.2) is 18.2 Å². The number of aliphatic hydroxyl groups excluding tert-OH is 1. The molecule has 3 nitrogen and oxygen atoms in total. The van der Waals surface area contributed by atoms with Crippen LogP contribution in [0.1, 0.15) is 22.7 Å². The molecule has 0 saturated carbocycles. The van der Waals surface area contributed by atoms with Crippen LogP contribution < -0.4 is 11.5 Å². The molecular formula is C10H14N2O. The highest BCUT2D eigenvalue weighted by atomic mass is 16.3. The van der Waals surface area contributed by atoms with Crippen LogP contribution in [-0.2, 0) is 13.0 Å². The van der Waals surface area contributed by atoms with E-state index in [-0.39, 0.29) is 6.04 Å². The minimum absolute atomic E-state index is 0.235. The van der Waals surface area contributed by atoms with Gasteiger partial charge in [-0.25, -0.2) is 0 Å². The van der Waals surface area contributed by atoms with Gasteiger partial charge in [0.15, 0.2) is 0 Å². The number of hydrogen-bond donors (Lipinski definition) is 3. The van der Waals surface area contributed by atoms with Gasteiger partial charge in [0.25, 0.3) is 0 Å². The van der Waals surface area contributed by atoms with Gasteiger partial charge < -0.3 is 16.6 Å². The number of nitrogens with two attached hydrogens (primary N) is 2. The normalized spacial score (nSPS) is 26.1. The summed E-state index contributed by atoms with van der Waals surface area (Å²) in [6, 6.07) is 5.76.